The van der Waals surface area contributed by atoms with Gasteiger partial charge in [0.1, 0.15) is 4.83 Å². The van der Waals surface area contributed by atoms with Crippen molar-refractivity contribution in [1.82, 2.24) is 9.36 Å². The van der Waals surface area contributed by atoms with Crippen molar-refractivity contribution in [3.05, 3.63) is 28.9 Å². The predicted molar refractivity (Wildman–Crippen MR) is 59.2 cm³/mol. The van der Waals surface area contributed by atoms with Crippen LogP contribution in [0.4, 0.5) is 0 Å². The Morgan fingerprint density at radius 2 is 2.23 bits per heavy atom. The summed E-state index contributed by atoms with van der Waals surface area (Å²) in [7, 11) is 0. The highest BCUT2D eigenvalue weighted by molar-refractivity contribution is 9.10. The van der Waals surface area contributed by atoms with E-state index in [0.29, 0.717) is 0 Å². The molecule has 3 aromatic rings. The summed E-state index contributed by atoms with van der Waals surface area (Å²) in [6.45, 7) is 0. The molecule has 0 aliphatic carbocycles. The van der Waals surface area contributed by atoms with Crippen LogP contribution in [0.25, 0.3) is 21.1 Å². The van der Waals surface area contributed by atoms with Crippen molar-refractivity contribution in [3.63, 3.8) is 0 Å². The molecule has 2 aromatic heterocycles. The fourth-order valence-corrected chi connectivity index (χ4v) is 2.54. The maximum absolute atomic E-state index is 4.13. The number of fused-ring (bicyclic) bond motifs is 3. The molecule has 0 saturated heterocycles. The minimum atomic E-state index is 1.10. The lowest BCUT2D eigenvalue weighted by Gasteiger charge is -1.90. The number of hydrogen-bond donors (Lipinski definition) is 1. The fourth-order valence-electron chi connectivity index (χ4n) is 1.50. The standard InChI is InChI=1S/C9H5BrN2S/c10-5-1-2-6-7-4-11-13-9(7)12-8(6)3-5/h1-4,12H. The van der Waals surface area contributed by atoms with Gasteiger partial charge in [-0.15, -0.1) is 0 Å². The number of nitrogens with one attached hydrogen (secondary N) is 1. The minimum absolute atomic E-state index is 1.10. The molecule has 1 N–H and O–H groups in total. The molecule has 0 saturated carbocycles. The van der Waals surface area contributed by atoms with Gasteiger partial charge in [-0.1, -0.05) is 22.0 Å². The number of aromatic amines is 1. The summed E-state index contributed by atoms with van der Waals surface area (Å²) in [6.07, 6.45) is 1.91. The monoisotopic (exact) mass is 252 g/mol. The van der Waals surface area contributed by atoms with E-state index in [0.717, 1.165) is 14.8 Å². The first kappa shape index (κ1) is 7.53. The van der Waals surface area contributed by atoms with Crippen molar-refractivity contribution in [1.29, 1.82) is 0 Å². The lowest BCUT2D eigenvalue weighted by molar-refractivity contribution is 1.57. The summed E-state index contributed by atoms with van der Waals surface area (Å²) in [5.74, 6) is 0. The fraction of sp³-hybridized carbons (Fsp3) is 0. The second kappa shape index (κ2) is 2.56. The Labute approximate surface area is 86.9 Å². The van der Waals surface area contributed by atoms with E-state index in [9.17, 15) is 0 Å². The molecule has 64 valence electrons. The third kappa shape index (κ3) is 1.02. The van der Waals surface area contributed by atoms with Gasteiger partial charge in [0.25, 0.3) is 0 Å². The maximum atomic E-state index is 4.13. The second-order valence-electron chi connectivity index (χ2n) is 2.88. The van der Waals surface area contributed by atoms with Crippen molar-refractivity contribution >= 4 is 48.6 Å². The van der Waals surface area contributed by atoms with Gasteiger partial charge < -0.3 is 4.98 Å². The van der Waals surface area contributed by atoms with Crippen LogP contribution in [0.3, 0.4) is 0 Å². The molecule has 4 heteroatoms. The highest BCUT2D eigenvalue weighted by Crippen LogP contribution is 2.29. The number of halogens is 1. The summed E-state index contributed by atoms with van der Waals surface area (Å²) in [6, 6.07) is 6.24. The number of nitrogens with zero attached hydrogens (tertiary/aromatic N) is 1. The van der Waals surface area contributed by atoms with Gasteiger partial charge in [-0.05, 0) is 23.7 Å². The van der Waals surface area contributed by atoms with Crippen LogP contribution < -0.4 is 0 Å². The van der Waals surface area contributed by atoms with Crippen molar-refractivity contribution in [3.8, 4) is 0 Å². The Kier molecular flexibility index (Phi) is 1.48. The number of aromatic nitrogens is 2. The molecule has 0 aliphatic heterocycles. The highest BCUT2D eigenvalue weighted by atomic mass is 79.9. The van der Waals surface area contributed by atoms with Crippen LogP contribution in [0.15, 0.2) is 28.9 Å². The molecule has 3 rings (SSSR count). The number of hydrogen-bond acceptors (Lipinski definition) is 2. The van der Waals surface area contributed by atoms with Gasteiger partial charge >= 0.3 is 0 Å². The third-order valence-electron chi connectivity index (χ3n) is 2.09. The molecule has 0 amide bonds. The first-order valence-corrected chi connectivity index (χ1v) is 5.43. The Hall–Kier alpha value is -0.870. The Morgan fingerprint density at radius 1 is 1.31 bits per heavy atom. The van der Waals surface area contributed by atoms with Crippen LogP contribution in [0.5, 0.6) is 0 Å². The molecular weight excluding hydrogens is 248 g/mol. The zero-order valence-electron chi connectivity index (χ0n) is 6.54. The van der Waals surface area contributed by atoms with E-state index in [1.807, 2.05) is 12.3 Å². The Bertz CT molecular complexity index is 581. The minimum Gasteiger partial charge on any atom is -0.345 e. The lowest BCUT2D eigenvalue weighted by Crippen LogP contribution is -1.67. The highest BCUT2D eigenvalue weighted by Gasteiger charge is 2.05. The zero-order chi connectivity index (χ0) is 8.84. The Morgan fingerprint density at radius 3 is 3.15 bits per heavy atom. The first-order chi connectivity index (χ1) is 6.34. The largest absolute Gasteiger partial charge is 0.345 e. The molecule has 0 atom stereocenters. The van der Waals surface area contributed by atoms with Crippen molar-refractivity contribution in [2.75, 3.05) is 0 Å². The number of H-pyrrole nitrogens is 1. The first-order valence-electron chi connectivity index (χ1n) is 3.86. The normalized spacial score (nSPS) is 11.5. The molecule has 2 nitrogen and oxygen atoms in total. The summed E-state index contributed by atoms with van der Waals surface area (Å²) in [4.78, 5) is 4.47. The summed E-state index contributed by atoms with van der Waals surface area (Å²) >= 11 is 4.94. The van der Waals surface area contributed by atoms with E-state index >= 15 is 0 Å². The number of benzene rings is 1. The van der Waals surface area contributed by atoms with Gasteiger partial charge in [0.05, 0.1) is 6.20 Å². The van der Waals surface area contributed by atoms with Gasteiger partial charge in [0.15, 0.2) is 0 Å². The third-order valence-corrected chi connectivity index (χ3v) is 3.30. The SMILES string of the molecule is Brc1ccc2c(c1)[nH]c1sncc12. The topological polar surface area (TPSA) is 28.7 Å². The van der Waals surface area contributed by atoms with E-state index in [-0.39, 0.29) is 0 Å². The maximum Gasteiger partial charge on any atom is 0.121 e. The van der Waals surface area contributed by atoms with Crippen molar-refractivity contribution in [2.45, 2.75) is 0 Å². The molecule has 0 spiro atoms. The van der Waals surface area contributed by atoms with Crippen molar-refractivity contribution in [2.24, 2.45) is 0 Å². The van der Waals surface area contributed by atoms with E-state index in [1.54, 1.807) is 0 Å². The molecule has 1 aromatic carbocycles. The molecule has 0 radical (unpaired) electrons. The zero-order valence-corrected chi connectivity index (χ0v) is 8.95. The smallest absolute Gasteiger partial charge is 0.121 e. The number of rotatable bonds is 0. The molecular formula is C9H5BrN2S. The van der Waals surface area contributed by atoms with Crippen LogP contribution in [0, 0.1) is 0 Å². The average molecular weight is 253 g/mol. The van der Waals surface area contributed by atoms with E-state index in [1.165, 1.54) is 22.3 Å². The van der Waals surface area contributed by atoms with Gasteiger partial charge in [-0.2, -0.15) is 4.37 Å². The summed E-state index contributed by atoms with van der Waals surface area (Å²) < 4.78 is 5.23. The molecule has 0 bridgehead atoms. The van der Waals surface area contributed by atoms with Crippen molar-refractivity contribution < 1.29 is 0 Å². The van der Waals surface area contributed by atoms with Gasteiger partial charge in [-0.25, -0.2) is 0 Å². The summed E-state index contributed by atoms with van der Waals surface area (Å²) in [5, 5.41) is 2.46. The van der Waals surface area contributed by atoms with Gasteiger partial charge in [0.2, 0.25) is 0 Å². The molecule has 13 heavy (non-hydrogen) atoms. The summed E-state index contributed by atoms with van der Waals surface area (Å²) in [5.41, 5.74) is 1.16. The van der Waals surface area contributed by atoms with Gasteiger partial charge in [-0.3, -0.25) is 0 Å². The molecule has 0 unspecified atom stereocenters. The average Bonchev–Trinajstić information content (AvgIpc) is 2.62. The van der Waals surface area contributed by atoms with Crippen LogP contribution in [0.2, 0.25) is 0 Å². The molecule has 0 aliphatic rings. The van der Waals surface area contributed by atoms with E-state index in [4.69, 9.17) is 0 Å². The van der Waals surface area contributed by atoms with Crippen LogP contribution in [-0.2, 0) is 0 Å². The van der Waals surface area contributed by atoms with Gasteiger partial charge in [0, 0.05) is 20.8 Å². The second-order valence-corrected chi connectivity index (χ2v) is 4.60. The quantitative estimate of drug-likeness (QED) is 0.652. The molecule has 2 heterocycles. The van der Waals surface area contributed by atoms with E-state index in [2.05, 4.69) is 37.4 Å². The predicted octanol–water partition coefficient (Wildman–Crippen LogP) is 3.54. The lowest BCUT2D eigenvalue weighted by atomic mass is 10.2. The Balaban J connectivity index is 2.59. The molecule has 0 fully saturated rings. The van der Waals surface area contributed by atoms with Crippen LogP contribution >= 0.6 is 27.5 Å². The van der Waals surface area contributed by atoms with Crippen LogP contribution in [0.1, 0.15) is 0 Å². The van der Waals surface area contributed by atoms with E-state index < -0.39 is 0 Å². The van der Waals surface area contributed by atoms with Crippen LogP contribution in [-0.4, -0.2) is 9.36 Å².